The van der Waals surface area contributed by atoms with Crippen LogP contribution in [0.15, 0.2) is 42.6 Å². The molecule has 1 amide bonds. The normalized spacial score (nSPS) is 14.8. The minimum atomic E-state index is -0.560. The van der Waals surface area contributed by atoms with Crippen LogP contribution in [0.5, 0.6) is 11.5 Å². The number of carbonyl (C=O) groups excluding carboxylic acids is 1. The molecule has 1 aliphatic rings. The molecule has 0 saturated carbocycles. The molecular formula is C26H32N4O4. The fourth-order valence-corrected chi connectivity index (χ4v) is 4.25. The number of amides is 1. The first-order valence-corrected chi connectivity index (χ1v) is 11.6. The van der Waals surface area contributed by atoms with Gasteiger partial charge in [-0.2, -0.15) is 0 Å². The van der Waals surface area contributed by atoms with Crippen LogP contribution in [-0.2, 0) is 0 Å². The van der Waals surface area contributed by atoms with Crippen molar-refractivity contribution in [1.82, 2.24) is 9.88 Å². The number of piperidine rings is 1. The minimum Gasteiger partial charge on any atom is -0.493 e. The summed E-state index contributed by atoms with van der Waals surface area (Å²) in [5, 5.41) is 13.7. The van der Waals surface area contributed by atoms with Crippen LogP contribution in [0.4, 0.5) is 11.4 Å². The Morgan fingerprint density at radius 2 is 2.00 bits per heavy atom. The standard InChI is InChI=1S/C26H32N4O4/c1-17-6-3-4-7-21(17)29-25-19-14-23(33-2)24(15-22(19)28-16-20(25)26(27)32)34-13-5-10-30-11-8-18(31)9-12-30/h3-4,6-7,14-16,18,31H,5,8-13H2,1-2H3,(H2,27,32)(H,28,29). The zero-order valence-electron chi connectivity index (χ0n) is 19.7. The van der Waals surface area contributed by atoms with Crippen molar-refractivity contribution in [2.24, 2.45) is 5.73 Å². The predicted molar refractivity (Wildman–Crippen MR) is 133 cm³/mol. The fourth-order valence-electron chi connectivity index (χ4n) is 4.25. The van der Waals surface area contributed by atoms with Gasteiger partial charge in [-0.15, -0.1) is 0 Å². The van der Waals surface area contributed by atoms with Gasteiger partial charge in [-0.05, 0) is 43.9 Å². The van der Waals surface area contributed by atoms with E-state index in [1.165, 1.54) is 6.20 Å². The van der Waals surface area contributed by atoms with Gasteiger partial charge in [-0.1, -0.05) is 18.2 Å². The summed E-state index contributed by atoms with van der Waals surface area (Å²) < 4.78 is 11.7. The van der Waals surface area contributed by atoms with Crippen LogP contribution < -0.4 is 20.5 Å². The Balaban J connectivity index is 1.56. The molecule has 4 N–H and O–H groups in total. The highest BCUT2D eigenvalue weighted by molar-refractivity contribution is 6.08. The molecule has 1 fully saturated rings. The molecule has 0 bridgehead atoms. The maximum Gasteiger partial charge on any atom is 0.252 e. The third-order valence-corrected chi connectivity index (χ3v) is 6.26. The second-order valence-corrected chi connectivity index (χ2v) is 8.65. The van der Waals surface area contributed by atoms with Crippen molar-refractivity contribution in [2.75, 3.05) is 38.7 Å². The van der Waals surface area contributed by atoms with Crippen molar-refractivity contribution < 1.29 is 19.4 Å². The van der Waals surface area contributed by atoms with Crippen LogP contribution in [0.25, 0.3) is 10.9 Å². The largest absolute Gasteiger partial charge is 0.493 e. The number of aryl methyl sites for hydroxylation is 1. The van der Waals surface area contributed by atoms with E-state index in [4.69, 9.17) is 15.2 Å². The van der Waals surface area contributed by atoms with Crippen LogP contribution in [0.1, 0.15) is 35.2 Å². The lowest BCUT2D eigenvalue weighted by molar-refractivity contribution is 0.0799. The third kappa shape index (κ3) is 5.40. The number of aliphatic hydroxyl groups excluding tert-OH is 1. The predicted octanol–water partition coefficient (Wildman–Crippen LogP) is 3.62. The average molecular weight is 465 g/mol. The molecule has 0 radical (unpaired) electrons. The maximum absolute atomic E-state index is 12.2. The van der Waals surface area contributed by atoms with Crippen molar-refractivity contribution in [2.45, 2.75) is 32.3 Å². The number of primary amides is 1. The van der Waals surface area contributed by atoms with E-state index in [0.717, 1.165) is 55.5 Å². The number of nitrogens with two attached hydrogens (primary N) is 1. The van der Waals surface area contributed by atoms with Gasteiger partial charge in [0.15, 0.2) is 11.5 Å². The fraction of sp³-hybridized carbons (Fsp3) is 0.385. The van der Waals surface area contributed by atoms with E-state index in [2.05, 4.69) is 15.2 Å². The van der Waals surface area contributed by atoms with Crippen molar-refractivity contribution in [3.8, 4) is 11.5 Å². The number of benzene rings is 2. The van der Waals surface area contributed by atoms with Gasteiger partial charge in [0.05, 0.1) is 36.6 Å². The Hall–Kier alpha value is -3.36. The summed E-state index contributed by atoms with van der Waals surface area (Å²) in [4.78, 5) is 19.0. The molecule has 4 rings (SSSR count). The van der Waals surface area contributed by atoms with Crippen molar-refractivity contribution >= 4 is 28.2 Å². The molecule has 3 aromatic rings. The van der Waals surface area contributed by atoms with E-state index in [1.54, 1.807) is 7.11 Å². The van der Waals surface area contributed by atoms with E-state index in [9.17, 15) is 9.90 Å². The molecule has 1 aliphatic heterocycles. The summed E-state index contributed by atoms with van der Waals surface area (Å²) in [6.45, 7) is 5.29. The molecule has 0 atom stereocenters. The summed E-state index contributed by atoms with van der Waals surface area (Å²) in [5.41, 5.74) is 9.13. The van der Waals surface area contributed by atoms with Crippen molar-refractivity contribution in [1.29, 1.82) is 0 Å². The number of nitrogens with zero attached hydrogens (tertiary/aromatic N) is 2. The number of hydrogen-bond acceptors (Lipinski definition) is 7. The first kappa shape index (κ1) is 23.8. The van der Waals surface area contributed by atoms with E-state index in [-0.39, 0.29) is 6.10 Å². The summed E-state index contributed by atoms with van der Waals surface area (Å²) >= 11 is 0. The number of anilines is 2. The smallest absolute Gasteiger partial charge is 0.252 e. The number of rotatable bonds is 9. The quantitative estimate of drug-likeness (QED) is 0.415. The van der Waals surface area contributed by atoms with Crippen LogP contribution in [0.3, 0.4) is 0 Å². The first-order valence-electron chi connectivity index (χ1n) is 11.6. The Morgan fingerprint density at radius 3 is 2.71 bits per heavy atom. The maximum atomic E-state index is 12.2. The number of ether oxygens (including phenoxy) is 2. The van der Waals surface area contributed by atoms with Gasteiger partial charge in [0.1, 0.15) is 0 Å². The van der Waals surface area contributed by atoms with Crippen molar-refractivity contribution in [3.63, 3.8) is 0 Å². The van der Waals surface area contributed by atoms with Gasteiger partial charge in [-0.3, -0.25) is 9.78 Å². The van der Waals surface area contributed by atoms with Crippen LogP contribution in [0.2, 0.25) is 0 Å². The van der Waals surface area contributed by atoms with Crippen LogP contribution in [-0.4, -0.2) is 60.4 Å². The number of nitrogens with one attached hydrogen (secondary N) is 1. The Kier molecular flexibility index (Phi) is 7.49. The van der Waals surface area contributed by atoms with Gasteiger partial charge in [-0.25, -0.2) is 0 Å². The zero-order valence-corrected chi connectivity index (χ0v) is 19.7. The summed E-state index contributed by atoms with van der Waals surface area (Å²) in [5.74, 6) is 0.602. The Labute approximate surface area is 199 Å². The third-order valence-electron chi connectivity index (χ3n) is 6.26. The second kappa shape index (κ2) is 10.7. The highest BCUT2D eigenvalue weighted by Gasteiger charge is 2.19. The average Bonchev–Trinajstić information content (AvgIpc) is 2.83. The van der Waals surface area contributed by atoms with Gasteiger partial charge in [0.25, 0.3) is 5.91 Å². The van der Waals surface area contributed by atoms with Gasteiger partial charge >= 0.3 is 0 Å². The number of carbonyl (C=O) groups is 1. The number of pyridine rings is 1. The zero-order chi connectivity index (χ0) is 24.1. The molecular weight excluding hydrogens is 432 g/mol. The molecule has 0 unspecified atom stereocenters. The number of methoxy groups -OCH3 is 1. The van der Waals surface area contributed by atoms with Gasteiger partial charge < -0.3 is 30.5 Å². The van der Waals surface area contributed by atoms with Crippen LogP contribution in [0, 0.1) is 6.92 Å². The molecule has 2 aromatic carbocycles. The second-order valence-electron chi connectivity index (χ2n) is 8.65. The number of para-hydroxylation sites is 1. The first-order chi connectivity index (χ1) is 16.5. The Morgan fingerprint density at radius 1 is 1.24 bits per heavy atom. The van der Waals surface area contributed by atoms with E-state index < -0.39 is 5.91 Å². The van der Waals surface area contributed by atoms with Crippen LogP contribution >= 0.6 is 0 Å². The monoisotopic (exact) mass is 464 g/mol. The van der Waals surface area contributed by atoms with Gasteiger partial charge in [0, 0.05) is 43.0 Å². The van der Waals surface area contributed by atoms with E-state index in [1.807, 2.05) is 43.3 Å². The minimum absolute atomic E-state index is 0.165. The molecule has 1 saturated heterocycles. The highest BCUT2D eigenvalue weighted by atomic mass is 16.5. The SMILES string of the molecule is COc1cc2c(Nc3ccccc3C)c(C(N)=O)cnc2cc1OCCCN1CCC(O)CC1. The molecule has 0 aliphatic carbocycles. The molecule has 8 heteroatoms. The number of fused-ring (bicyclic) bond motifs is 1. The molecule has 180 valence electrons. The van der Waals surface area contributed by atoms with E-state index >= 15 is 0 Å². The van der Waals surface area contributed by atoms with Gasteiger partial charge in [0.2, 0.25) is 0 Å². The lowest BCUT2D eigenvalue weighted by Crippen LogP contribution is -2.36. The number of likely N-dealkylation sites (tertiary alicyclic amines) is 1. The lowest BCUT2D eigenvalue weighted by atomic mass is 10.1. The molecule has 2 heterocycles. The Bertz CT molecular complexity index is 1160. The van der Waals surface area contributed by atoms with E-state index in [0.29, 0.717) is 34.9 Å². The summed E-state index contributed by atoms with van der Waals surface area (Å²) in [6.07, 6.45) is 3.86. The lowest BCUT2D eigenvalue weighted by Gasteiger charge is -2.29. The molecule has 0 spiro atoms. The number of aliphatic hydroxyl groups is 1. The summed E-state index contributed by atoms with van der Waals surface area (Å²) in [6, 6.07) is 11.5. The summed E-state index contributed by atoms with van der Waals surface area (Å²) in [7, 11) is 1.59. The molecule has 1 aromatic heterocycles. The molecule has 34 heavy (non-hydrogen) atoms. The van der Waals surface area contributed by atoms with Crippen molar-refractivity contribution in [3.05, 3.63) is 53.7 Å². The number of aromatic nitrogens is 1. The highest BCUT2D eigenvalue weighted by Crippen LogP contribution is 2.37. The molecule has 8 nitrogen and oxygen atoms in total. The topological polar surface area (TPSA) is 110 Å². The number of hydrogen-bond donors (Lipinski definition) is 3.